The van der Waals surface area contributed by atoms with Crippen molar-refractivity contribution in [3.63, 3.8) is 0 Å². The Morgan fingerprint density at radius 2 is 2.17 bits per heavy atom. The van der Waals surface area contributed by atoms with E-state index in [0.717, 1.165) is 4.88 Å². The molecule has 0 aliphatic heterocycles. The lowest BCUT2D eigenvalue weighted by atomic mass is 10.2. The molecule has 0 aliphatic rings. The van der Waals surface area contributed by atoms with Crippen molar-refractivity contribution in [1.29, 1.82) is 0 Å². The number of fused-ring (bicyclic) bond motifs is 1. The molecule has 1 nitrogen and oxygen atoms in total. The molecular weight excluding hydrogens is 168 g/mol. The largest absolute Gasteiger partial charge is 0.391 e. The fraction of sp³-hybridized carbons (Fsp3) is 0.200. The van der Waals surface area contributed by atoms with Crippen LogP contribution in [0.25, 0.3) is 10.1 Å². The lowest BCUT2D eigenvalue weighted by Gasteiger charge is -1.89. The van der Waals surface area contributed by atoms with E-state index in [9.17, 15) is 0 Å². The Hall–Kier alpha value is -0.860. The van der Waals surface area contributed by atoms with Crippen molar-refractivity contribution in [2.45, 2.75) is 13.5 Å². The second-order valence-corrected chi connectivity index (χ2v) is 4.08. The molecule has 1 N–H and O–H groups in total. The Bertz CT molecular complexity index is 403. The van der Waals surface area contributed by atoms with Crippen LogP contribution in [0.15, 0.2) is 24.3 Å². The van der Waals surface area contributed by atoms with E-state index in [2.05, 4.69) is 25.1 Å². The minimum Gasteiger partial charge on any atom is -0.391 e. The Morgan fingerprint density at radius 1 is 1.33 bits per heavy atom. The zero-order chi connectivity index (χ0) is 8.55. The van der Waals surface area contributed by atoms with Gasteiger partial charge < -0.3 is 5.11 Å². The van der Waals surface area contributed by atoms with Crippen molar-refractivity contribution in [2.75, 3.05) is 0 Å². The van der Waals surface area contributed by atoms with E-state index in [1.54, 1.807) is 11.3 Å². The van der Waals surface area contributed by atoms with Crippen molar-refractivity contribution in [1.82, 2.24) is 0 Å². The van der Waals surface area contributed by atoms with Gasteiger partial charge in [-0.25, -0.2) is 0 Å². The summed E-state index contributed by atoms with van der Waals surface area (Å²) < 4.78 is 1.25. The van der Waals surface area contributed by atoms with Crippen molar-refractivity contribution < 1.29 is 5.11 Å². The molecule has 1 aromatic carbocycles. The molecule has 1 aromatic heterocycles. The number of hydrogen-bond acceptors (Lipinski definition) is 2. The summed E-state index contributed by atoms with van der Waals surface area (Å²) in [5, 5.41) is 10.2. The molecule has 0 fully saturated rings. The minimum absolute atomic E-state index is 0.151. The Labute approximate surface area is 75.3 Å². The standard InChI is InChI=1S/C10H10OS/c1-7-2-3-10-8(4-7)5-9(6-11)12-10/h2-5,11H,6H2,1H3. The van der Waals surface area contributed by atoms with E-state index in [1.807, 2.05) is 6.07 Å². The first-order chi connectivity index (χ1) is 5.79. The van der Waals surface area contributed by atoms with Gasteiger partial charge >= 0.3 is 0 Å². The van der Waals surface area contributed by atoms with Gasteiger partial charge in [0.05, 0.1) is 6.61 Å². The predicted molar refractivity (Wildman–Crippen MR) is 52.5 cm³/mol. The van der Waals surface area contributed by atoms with E-state index in [-0.39, 0.29) is 6.61 Å². The molecule has 2 heteroatoms. The quantitative estimate of drug-likeness (QED) is 0.711. The number of aryl methyl sites for hydroxylation is 1. The van der Waals surface area contributed by atoms with Crippen molar-refractivity contribution >= 4 is 21.4 Å². The topological polar surface area (TPSA) is 20.2 Å². The van der Waals surface area contributed by atoms with Gasteiger partial charge in [-0.3, -0.25) is 0 Å². The van der Waals surface area contributed by atoms with Gasteiger partial charge in [0.1, 0.15) is 0 Å². The van der Waals surface area contributed by atoms with Crippen molar-refractivity contribution in [3.8, 4) is 0 Å². The maximum Gasteiger partial charge on any atom is 0.0774 e. The highest BCUT2D eigenvalue weighted by molar-refractivity contribution is 7.19. The maximum absolute atomic E-state index is 8.92. The molecule has 62 valence electrons. The fourth-order valence-electron chi connectivity index (χ4n) is 1.30. The first-order valence-electron chi connectivity index (χ1n) is 3.89. The van der Waals surface area contributed by atoms with Crippen LogP contribution in [0.1, 0.15) is 10.4 Å². The monoisotopic (exact) mass is 178 g/mol. The number of rotatable bonds is 1. The summed E-state index contributed by atoms with van der Waals surface area (Å²) in [7, 11) is 0. The van der Waals surface area contributed by atoms with Crippen molar-refractivity contribution in [2.24, 2.45) is 0 Å². The van der Waals surface area contributed by atoms with Gasteiger partial charge in [0.25, 0.3) is 0 Å². The normalized spacial score (nSPS) is 10.8. The summed E-state index contributed by atoms with van der Waals surface area (Å²) >= 11 is 1.66. The third-order valence-corrected chi connectivity index (χ3v) is 2.98. The molecule has 2 aromatic rings. The molecule has 0 unspecified atom stereocenters. The Morgan fingerprint density at radius 3 is 2.92 bits per heavy atom. The van der Waals surface area contributed by atoms with Gasteiger partial charge in [-0.05, 0) is 24.4 Å². The molecule has 2 rings (SSSR count). The third-order valence-electron chi connectivity index (χ3n) is 1.88. The van der Waals surface area contributed by atoms with Gasteiger partial charge in [-0.15, -0.1) is 11.3 Å². The predicted octanol–water partition coefficient (Wildman–Crippen LogP) is 2.70. The summed E-state index contributed by atoms with van der Waals surface area (Å²) in [6.45, 7) is 2.23. The molecule has 1 heterocycles. The molecule has 0 radical (unpaired) electrons. The summed E-state index contributed by atoms with van der Waals surface area (Å²) in [5.74, 6) is 0. The first kappa shape index (κ1) is 7.77. The lowest BCUT2D eigenvalue weighted by Crippen LogP contribution is -1.70. The molecule has 12 heavy (non-hydrogen) atoms. The van der Waals surface area contributed by atoms with Gasteiger partial charge in [0, 0.05) is 9.58 Å². The van der Waals surface area contributed by atoms with Crippen molar-refractivity contribution in [3.05, 3.63) is 34.7 Å². The van der Waals surface area contributed by atoms with Crippen LogP contribution < -0.4 is 0 Å². The number of aliphatic hydroxyl groups is 1. The zero-order valence-electron chi connectivity index (χ0n) is 6.87. The van der Waals surface area contributed by atoms with Crippen LogP contribution in [0.3, 0.4) is 0 Å². The fourth-order valence-corrected chi connectivity index (χ4v) is 2.20. The second-order valence-electron chi connectivity index (χ2n) is 2.91. The SMILES string of the molecule is Cc1ccc2sc(CO)cc2c1. The molecule has 0 amide bonds. The van der Waals surface area contributed by atoms with Crippen LogP contribution >= 0.6 is 11.3 Å². The van der Waals surface area contributed by atoms with Gasteiger partial charge in [-0.1, -0.05) is 17.7 Å². The Balaban J connectivity index is 2.67. The molecular formula is C10H10OS. The number of hydrogen-bond donors (Lipinski definition) is 1. The zero-order valence-corrected chi connectivity index (χ0v) is 7.69. The summed E-state index contributed by atoms with van der Waals surface area (Å²) in [5.41, 5.74) is 1.27. The van der Waals surface area contributed by atoms with Crippen LogP contribution in [0, 0.1) is 6.92 Å². The molecule has 0 saturated heterocycles. The maximum atomic E-state index is 8.92. The van der Waals surface area contributed by atoms with Crippen LogP contribution in [-0.4, -0.2) is 5.11 Å². The summed E-state index contributed by atoms with van der Waals surface area (Å²) in [6, 6.07) is 8.40. The smallest absolute Gasteiger partial charge is 0.0774 e. The van der Waals surface area contributed by atoms with Crippen LogP contribution in [0.5, 0.6) is 0 Å². The van der Waals surface area contributed by atoms with Crippen LogP contribution in [0.2, 0.25) is 0 Å². The summed E-state index contributed by atoms with van der Waals surface area (Å²) in [6.07, 6.45) is 0. The van der Waals surface area contributed by atoms with Gasteiger partial charge in [0.15, 0.2) is 0 Å². The number of benzene rings is 1. The van der Waals surface area contributed by atoms with E-state index < -0.39 is 0 Å². The lowest BCUT2D eigenvalue weighted by molar-refractivity contribution is 0.285. The average molecular weight is 178 g/mol. The van der Waals surface area contributed by atoms with E-state index in [0.29, 0.717) is 0 Å². The first-order valence-corrected chi connectivity index (χ1v) is 4.71. The van der Waals surface area contributed by atoms with E-state index >= 15 is 0 Å². The molecule has 0 bridgehead atoms. The summed E-state index contributed by atoms with van der Waals surface area (Å²) in [4.78, 5) is 1.04. The second kappa shape index (κ2) is 2.88. The highest BCUT2D eigenvalue weighted by Gasteiger charge is 1.99. The molecule has 0 spiro atoms. The van der Waals surface area contributed by atoms with Crippen LogP contribution in [0.4, 0.5) is 0 Å². The highest BCUT2D eigenvalue weighted by Crippen LogP contribution is 2.26. The molecule has 0 aliphatic carbocycles. The minimum atomic E-state index is 0.151. The highest BCUT2D eigenvalue weighted by atomic mass is 32.1. The van der Waals surface area contributed by atoms with Crippen LogP contribution in [-0.2, 0) is 6.61 Å². The average Bonchev–Trinajstić information content (AvgIpc) is 2.46. The molecule has 0 saturated carbocycles. The number of aliphatic hydroxyl groups excluding tert-OH is 1. The van der Waals surface area contributed by atoms with E-state index in [1.165, 1.54) is 15.6 Å². The van der Waals surface area contributed by atoms with Gasteiger partial charge in [0.2, 0.25) is 0 Å². The Kier molecular flexibility index (Phi) is 1.87. The third kappa shape index (κ3) is 1.24. The van der Waals surface area contributed by atoms with E-state index in [4.69, 9.17) is 5.11 Å². The van der Waals surface area contributed by atoms with Gasteiger partial charge in [-0.2, -0.15) is 0 Å². The number of thiophene rings is 1. The molecule has 0 atom stereocenters.